The van der Waals surface area contributed by atoms with Gasteiger partial charge in [-0.15, -0.1) is 0 Å². The number of fused-ring (bicyclic) bond motifs is 1. The topological polar surface area (TPSA) is 38.7 Å². The monoisotopic (exact) mass is 236 g/mol. The van der Waals surface area contributed by atoms with Gasteiger partial charge in [0.15, 0.2) is 0 Å². The Balaban J connectivity index is 2.70. The normalized spacial score (nSPS) is 14.4. The van der Waals surface area contributed by atoms with Gasteiger partial charge in [-0.1, -0.05) is 13.8 Å². The summed E-state index contributed by atoms with van der Waals surface area (Å²) in [7, 11) is 1.68. The van der Waals surface area contributed by atoms with E-state index in [0.29, 0.717) is 0 Å². The molecule has 0 aliphatic carbocycles. The molecule has 0 saturated carbocycles. The molecule has 1 aromatic rings. The Kier molecular flexibility index (Phi) is 3.04. The van der Waals surface area contributed by atoms with Gasteiger partial charge in [-0.3, -0.25) is 0 Å². The lowest BCUT2D eigenvalue weighted by molar-refractivity contribution is 0.214. The third kappa shape index (κ3) is 1.89. The van der Waals surface area contributed by atoms with Crippen molar-refractivity contribution in [3.8, 4) is 11.5 Å². The molecule has 0 unspecified atom stereocenters. The Morgan fingerprint density at radius 1 is 1.47 bits per heavy atom. The van der Waals surface area contributed by atoms with E-state index in [1.54, 1.807) is 7.11 Å². The fourth-order valence-corrected chi connectivity index (χ4v) is 2.50. The van der Waals surface area contributed by atoms with Crippen molar-refractivity contribution < 1.29 is 14.6 Å². The second kappa shape index (κ2) is 4.22. The maximum Gasteiger partial charge on any atom is 0.126 e. The van der Waals surface area contributed by atoms with Gasteiger partial charge in [0, 0.05) is 23.0 Å². The molecule has 0 fully saturated rings. The minimum atomic E-state index is -0.310. The van der Waals surface area contributed by atoms with Crippen LogP contribution in [0.4, 0.5) is 0 Å². The smallest absolute Gasteiger partial charge is 0.126 e. The largest absolute Gasteiger partial charge is 0.496 e. The molecule has 3 heteroatoms. The molecule has 17 heavy (non-hydrogen) atoms. The third-order valence-corrected chi connectivity index (χ3v) is 3.42. The Morgan fingerprint density at radius 3 is 2.76 bits per heavy atom. The fraction of sp³-hybridized carbons (Fsp3) is 0.571. The van der Waals surface area contributed by atoms with Crippen molar-refractivity contribution in [1.82, 2.24) is 0 Å². The molecule has 1 aliphatic heterocycles. The summed E-state index contributed by atoms with van der Waals surface area (Å²) < 4.78 is 11.1. The summed E-state index contributed by atoms with van der Waals surface area (Å²) in [5, 5.41) is 9.59. The van der Waals surface area contributed by atoms with Crippen LogP contribution in [0.2, 0.25) is 0 Å². The van der Waals surface area contributed by atoms with Gasteiger partial charge in [0.25, 0.3) is 0 Å². The van der Waals surface area contributed by atoms with Gasteiger partial charge < -0.3 is 14.6 Å². The number of ether oxygens (including phenoxy) is 2. The number of aliphatic hydroxyl groups is 1. The second-order valence-corrected chi connectivity index (χ2v) is 5.22. The van der Waals surface area contributed by atoms with Crippen LogP contribution in [0.15, 0.2) is 6.07 Å². The Bertz CT molecular complexity index is 432. The number of methoxy groups -OCH3 is 1. The summed E-state index contributed by atoms with van der Waals surface area (Å²) in [6, 6.07) is 2.03. The number of aliphatic hydroxyl groups excluding tert-OH is 1. The zero-order valence-electron chi connectivity index (χ0n) is 11.0. The highest BCUT2D eigenvalue weighted by Gasteiger charge is 2.32. The van der Waals surface area contributed by atoms with Crippen LogP contribution in [0.3, 0.4) is 0 Å². The molecule has 0 aromatic heterocycles. The molecule has 0 atom stereocenters. The number of hydrogen-bond donors (Lipinski definition) is 1. The first-order valence-corrected chi connectivity index (χ1v) is 5.96. The van der Waals surface area contributed by atoms with E-state index in [1.165, 1.54) is 5.56 Å². The minimum Gasteiger partial charge on any atom is -0.496 e. The molecule has 3 nitrogen and oxygen atoms in total. The Morgan fingerprint density at radius 2 is 2.18 bits per heavy atom. The lowest BCUT2D eigenvalue weighted by atomic mass is 9.80. The van der Waals surface area contributed by atoms with Crippen molar-refractivity contribution >= 4 is 0 Å². The SMILES string of the molecule is COc1c(C)cc2c(c1C(C)(C)CO)CCO2. The zero-order chi connectivity index (χ0) is 12.6. The van der Waals surface area contributed by atoms with Gasteiger partial charge in [0.05, 0.1) is 20.3 Å². The predicted molar refractivity (Wildman–Crippen MR) is 67.0 cm³/mol. The average molecular weight is 236 g/mol. The number of hydrogen-bond acceptors (Lipinski definition) is 3. The first-order valence-electron chi connectivity index (χ1n) is 5.96. The van der Waals surface area contributed by atoms with Crippen LogP contribution in [0, 0.1) is 6.92 Å². The molecule has 0 amide bonds. The maximum absolute atomic E-state index is 9.59. The molecule has 1 N–H and O–H groups in total. The summed E-state index contributed by atoms with van der Waals surface area (Å²) in [4.78, 5) is 0. The maximum atomic E-state index is 9.59. The summed E-state index contributed by atoms with van der Waals surface area (Å²) in [5.74, 6) is 1.83. The molecule has 1 heterocycles. The number of aryl methyl sites for hydroxylation is 1. The fourth-order valence-electron chi connectivity index (χ4n) is 2.50. The molecule has 1 aromatic carbocycles. The number of rotatable bonds is 3. The lowest BCUT2D eigenvalue weighted by Crippen LogP contribution is -2.25. The molecule has 0 radical (unpaired) electrons. The van der Waals surface area contributed by atoms with Gasteiger partial charge in [-0.05, 0) is 18.6 Å². The van der Waals surface area contributed by atoms with E-state index < -0.39 is 0 Å². The molecule has 1 aliphatic rings. The van der Waals surface area contributed by atoms with Crippen LogP contribution >= 0.6 is 0 Å². The highest BCUT2D eigenvalue weighted by molar-refractivity contribution is 5.57. The van der Waals surface area contributed by atoms with E-state index in [0.717, 1.165) is 35.7 Å². The lowest BCUT2D eigenvalue weighted by Gasteiger charge is -2.28. The summed E-state index contributed by atoms with van der Waals surface area (Å²) in [6.07, 6.45) is 0.894. The highest BCUT2D eigenvalue weighted by atomic mass is 16.5. The molecule has 0 saturated heterocycles. The first-order chi connectivity index (χ1) is 8.01. The van der Waals surface area contributed by atoms with Crippen molar-refractivity contribution in [2.24, 2.45) is 0 Å². The molecular weight excluding hydrogens is 216 g/mol. The molecule has 2 rings (SSSR count). The van der Waals surface area contributed by atoms with Gasteiger partial charge in [-0.25, -0.2) is 0 Å². The van der Waals surface area contributed by atoms with Gasteiger partial charge >= 0.3 is 0 Å². The van der Waals surface area contributed by atoms with Crippen LogP contribution in [0.25, 0.3) is 0 Å². The van der Waals surface area contributed by atoms with Crippen LogP contribution in [0.5, 0.6) is 11.5 Å². The van der Waals surface area contributed by atoms with E-state index in [9.17, 15) is 5.11 Å². The zero-order valence-corrected chi connectivity index (χ0v) is 11.0. The van der Waals surface area contributed by atoms with Crippen molar-refractivity contribution in [2.75, 3.05) is 20.3 Å². The van der Waals surface area contributed by atoms with E-state index >= 15 is 0 Å². The predicted octanol–water partition coefficient (Wildman–Crippen LogP) is 2.21. The van der Waals surface area contributed by atoms with Gasteiger partial charge in [0.2, 0.25) is 0 Å². The minimum absolute atomic E-state index is 0.0965. The summed E-state index contributed by atoms with van der Waals surface area (Å²) >= 11 is 0. The van der Waals surface area contributed by atoms with E-state index in [2.05, 4.69) is 0 Å². The molecule has 0 bridgehead atoms. The summed E-state index contributed by atoms with van der Waals surface area (Å²) in [5.41, 5.74) is 3.03. The second-order valence-electron chi connectivity index (χ2n) is 5.22. The molecule has 94 valence electrons. The Hall–Kier alpha value is -1.22. The summed E-state index contributed by atoms with van der Waals surface area (Å²) in [6.45, 7) is 6.89. The van der Waals surface area contributed by atoms with Crippen molar-refractivity contribution in [3.05, 3.63) is 22.8 Å². The van der Waals surface area contributed by atoms with Crippen LogP contribution in [-0.2, 0) is 11.8 Å². The van der Waals surface area contributed by atoms with E-state index in [4.69, 9.17) is 9.47 Å². The van der Waals surface area contributed by atoms with Crippen molar-refractivity contribution in [3.63, 3.8) is 0 Å². The molecular formula is C14H20O3. The average Bonchev–Trinajstić information content (AvgIpc) is 2.74. The standard InChI is InChI=1S/C14H20O3/c1-9-7-11-10(5-6-17-11)12(13(9)16-4)14(2,3)8-15/h7,15H,5-6,8H2,1-4H3. The van der Waals surface area contributed by atoms with Gasteiger partial charge in [0.1, 0.15) is 11.5 Å². The van der Waals surface area contributed by atoms with Crippen molar-refractivity contribution in [2.45, 2.75) is 32.6 Å². The van der Waals surface area contributed by atoms with Crippen LogP contribution in [0.1, 0.15) is 30.5 Å². The highest BCUT2D eigenvalue weighted by Crippen LogP contribution is 2.43. The van der Waals surface area contributed by atoms with Crippen LogP contribution < -0.4 is 9.47 Å². The first kappa shape index (κ1) is 12.2. The van der Waals surface area contributed by atoms with E-state index in [-0.39, 0.29) is 12.0 Å². The van der Waals surface area contributed by atoms with Crippen LogP contribution in [-0.4, -0.2) is 25.4 Å². The number of benzene rings is 1. The van der Waals surface area contributed by atoms with E-state index in [1.807, 2.05) is 26.8 Å². The third-order valence-electron chi connectivity index (χ3n) is 3.42. The Labute approximate surface area is 102 Å². The van der Waals surface area contributed by atoms with Crippen molar-refractivity contribution in [1.29, 1.82) is 0 Å². The quantitative estimate of drug-likeness (QED) is 0.874. The molecule has 0 spiro atoms. The van der Waals surface area contributed by atoms with Gasteiger partial charge in [-0.2, -0.15) is 0 Å².